The number of ether oxygens (including phenoxy) is 3. The van der Waals surface area contributed by atoms with Crippen LogP contribution in [0.5, 0.6) is 17.2 Å². The Morgan fingerprint density at radius 1 is 0.865 bits per heavy atom. The Labute approximate surface area is 220 Å². The van der Waals surface area contributed by atoms with Gasteiger partial charge in [0.05, 0.1) is 14.2 Å². The highest BCUT2D eigenvalue weighted by atomic mass is 19.1. The fraction of sp³-hybridized carbons (Fsp3) is 0.438. The second-order valence-electron chi connectivity index (χ2n) is 10.3. The maximum Gasteiger partial charge on any atom is 0.165 e. The van der Waals surface area contributed by atoms with Gasteiger partial charge in [-0.05, 0) is 122 Å². The minimum atomic E-state index is -0.285. The van der Waals surface area contributed by atoms with E-state index in [1.165, 1.54) is 41.5 Å². The highest BCUT2D eigenvalue weighted by Gasteiger charge is 2.23. The summed E-state index contributed by atoms with van der Waals surface area (Å²) in [5.74, 6) is 2.23. The Morgan fingerprint density at radius 2 is 1.65 bits per heavy atom. The van der Waals surface area contributed by atoms with Crippen molar-refractivity contribution in [3.05, 3.63) is 88.2 Å². The molecule has 2 aliphatic rings. The number of piperidine rings is 1. The third-order valence-corrected chi connectivity index (χ3v) is 7.94. The van der Waals surface area contributed by atoms with Gasteiger partial charge >= 0.3 is 0 Å². The van der Waals surface area contributed by atoms with Gasteiger partial charge < -0.3 is 14.2 Å². The van der Waals surface area contributed by atoms with E-state index in [-0.39, 0.29) is 5.82 Å². The molecule has 0 spiro atoms. The van der Waals surface area contributed by atoms with Gasteiger partial charge in [0, 0.05) is 6.54 Å². The Hall–Kier alpha value is -3.05. The molecule has 1 aliphatic carbocycles. The lowest BCUT2D eigenvalue weighted by Gasteiger charge is -2.27. The number of hydrogen-bond acceptors (Lipinski definition) is 4. The molecular weight excluding hydrogens is 465 g/mol. The number of aryl methyl sites for hydroxylation is 1. The van der Waals surface area contributed by atoms with Crippen LogP contribution in [-0.4, -0.2) is 45.4 Å². The smallest absolute Gasteiger partial charge is 0.165 e. The molecule has 5 heteroatoms. The first-order valence-corrected chi connectivity index (χ1v) is 13.6. The van der Waals surface area contributed by atoms with Crippen molar-refractivity contribution in [1.82, 2.24) is 4.90 Å². The first kappa shape index (κ1) is 25.6. The van der Waals surface area contributed by atoms with Gasteiger partial charge in [-0.3, -0.25) is 4.90 Å². The number of rotatable bonds is 9. The highest BCUT2D eigenvalue weighted by molar-refractivity contribution is 5.45. The SMILES string of the molecule is COc1ccc2c(c1)CCC(c1cc(OC)ccc1Cc1ccc(OCCN3CCCCC3)c(F)c1)C2. The van der Waals surface area contributed by atoms with Crippen molar-refractivity contribution in [2.45, 2.75) is 50.9 Å². The van der Waals surface area contributed by atoms with Crippen LogP contribution in [0, 0.1) is 5.82 Å². The van der Waals surface area contributed by atoms with E-state index in [0.29, 0.717) is 24.7 Å². The van der Waals surface area contributed by atoms with Gasteiger partial charge in [-0.15, -0.1) is 0 Å². The molecule has 1 heterocycles. The van der Waals surface area contributed by atoms with Gasteiger partial charge in [0.15, 0.2) is 11.6 Å². The molecule has 0 radical (unpaired) electrons. The van der Waals surface area contributed by atoms with E-state index in [1.54, 1.807) is 26.4 Å². The Morgan fingerprint density at radius 3 is 2.43 bits per heavy atom. The summed E-state index contributed by atoms with van der Waals surface area (Å²) in [6.45, 7) is 3.62. The van der Waals surface area contributed by atoms with Crippen LogP contribution in [0.25, 0.3) is 0 Å². The molecule has 196 valence electrons. The molecule has 0 amide bonds. The summed E-state index contributed by atoms with van der Waals surface area (Å²) in [5.41, 5.74) is 6.22. The molecule has 1 unspecified atom stereocenters. The molecule has 1 saturated heterocycles. The number of fused-ring (bicyclic) bond motifs is 1. The van der Waals surface area contributed by atoms with E-state index in [9.17, 15) is 4.39 Å². The van der Waals surface area contributed by atoms with Crippen LogP contribution < -0.4 is 14.2 Å². The topological polar surface area (TPSA) is 30.9 Å². The predicted molar refractivity (Wildman–Crippen MR) is 146 cm³/mol. The van der Waals surface area contributed by atoms with Crippen LogP contribution in [0.1, 0.15) is 59.4 Å². The summed E-state index contributed by atoms with van der Waals surface area (Å²) >= 11 is 0. The number of hydrogen-bond donors (Lipinski definition) is 0. The molecule has 4 nitrogen and oxygen atoms in total. The molecule has 1 atom stereocenters. The number of benzene rings is 3. The maximum absolute atomic E-state index is 15.0. The molecule has 0 N–H and O–H groups in total. The average molecular weight is 504 g/mol. The summed E-state index contributed by atoms with van der Waals surface area (Å²) in [7, 11) is 3.42. The highest BCUT2D eigenvalue weighted by Crippen LogP contribution is 2.38. The summed E-state index contributed by atoms with van der Waals surface area (Å²) < 4.78 is 31.7. The lowest BCUT2D eigenvalue weighted by molar-refractivity contribution is 0.180. The van der Waals surface area contributed by atoms with Crippen LogP contribution in [-0.2, 0) is 19.3 Å². The maximum atomic E-state index is 15.0. The van der Waals surface area contributed by atoms with Gasteiger partial charge in [-0.1, -0.05) is 24.6 Å². The van der Waals surface area contributed by atoms with E-state index in [4.69, 9.17) is 14.2 Å². The monoisotopic (exact) mass is 503 g/mol. The largest absolute Gasteiger partial charge is 0.497 e. The van der Waals surface area contributed by atoms with E-state index < -0.39 is 0 Å². The van der Waals surface area contributed by atoms with Crippen LogP contribution in [0.2, 0.25) is 0 Å². The second kappa shape index (κ2) is 12.0. The van der Waals surface area contributed by atoms with Gasteiger partial charge in [0.1, 0.15) is 18.1 Å². The minimum absolute atomic E-state index is 0.285. The molecule has 0 bridgehead atoms. The van der Waals surface area contributed by atoms with Crippen molar-refractivity contribution in [2.24, 2.45) is 0 Å². The minimum Gasteiger partial charge on any atom is -0.497 e. The van der Waals surface area contributed by atoms with Crippen molar-refractivity contribution in [3.63, 3.8) is 0 Å². The van der Waals surface area contributed by atoms with Crippen LogP contribution in [0.15, 0.2) is 54.6 Å². The van der Waals surface area contributed by atoms with Crippen molar-refractivity contribution >= 4 is 0 Å². The quantitative estimate of drug-likeness (QED) is 0.330. The third-order valence-electron chi connectivity index (χ3n) is 7.94. The Balaban J connectivity index is 1.29. The number of halogens is 1. The van der Waals surface area contributed by atoms with Gasteiger partial charge in [0.25, 0.3) is 0 Å². The molecule has 3 aromatic carbocycles. The van der Waals surface area contributed by atoms with Gasteiger partial charge in [-0.25, -0.2) is 4.39 Å². The van der Waals surface area contributed by atoms with Crippen LogP contribution >= 0.6 is 0 Å². The number of nitrogens with zero attached hydrogens (tertiary/aromatic N) is 1. The number of likely N-dealkylation sites (tertiary alicyclic amines) is 1. The zero-order chi connectivity index (χ0) is 25.6. The van der Waals surface area contributed by atoms with Crippen LogP contribution in [0.3, 0.4) is 0 Å². The lowest BCUT2D eigenvalue weighted by atomic mass is 9.78. The summed E-state index contributed by atoms with van der Waals surface area (Å²) in [4.78, 5) is 2.40. The van der Waals surface area contributed by atoms with Gasteiger partial charge in [0.2, 0.25) is 0 Å². The molecule has 5 rings (SSSR count). The van der Waals surface area contributed by atoms with E-state index in [2.05, 4.69) is 29.2 Å². The Kier molecular flexibility index (Phi) is 8.30. The fourth-order valence-electron chi connectivity index (χ4n) is 5.82. The second-order valence-corrected chi connectivity index (χ2v) is 10.3. The fourth-order valence-corrected chi connectivity index (χ4v) is 5.82. The average Bonchev–Trinajstić information content (AvgIpc) is 2.94. The van der Waals surface area contributed by atoms with Crippen LogP contribution in [0.4, 0.5) is 4.39 Å². The van der Waals surface area contributed by atoms with E-state index in [1.807, 2.05) is 18.2 Å². The lowest BCUT2D eigenvalue weighted by Crippen LogP contribution is -2.33. The summed E-state index contributed by atoms with van der Waals surface area (Å²) in [6, 6.07) is 18.1. The summed E-state index contributed by atoms with van der Waals surface area (Å²) in [5, 5.41) is 0. The van der Waals surface area contributed by atoms with Crippen molar-refractivity contribution in [3.8, 4) is 17.2 Å². The Bertz CT molecular complexity index is 1200. The molecular formula is C32H38FNO3. The van der Waals surface area contributed by atoms with E-state index in [0.717, 1.165) is 56.0 Å². The molecule has 1 fully saturated rings. The number of methoxy groups -OCH3 is 2. The first-order chi connectivity index (χ1) is 18.1. The normalized spacial score (nSPS) is 17.8. The molecule has 37 heavy (non-hydrogen) atoms. The zero-order valence-electron chi connectivity index (χ0n) is 22.1. The third kappa shape index (κ3) is 6.27. The zero-order valence-corrected chi connectivity index (χ0v) is 22.1. The van der Waals surface area contributed by atoms with Crippen molar-refractivity contribution in [2.75, 3.05) is 40.5 Å². The standard InChI is InChI=1S/C32H38FNO3/c1-35-28-11-9-24-20-27(8-7-25(24)21-28)30-22-29(36-2)12-10-26(30)18-23-6-13-32(31(33)19-23)37-17-16-34-14-4-3-5-15-34/h6,9-13,19,21-22,27H,3-5,7-8,14-18,20H2,1-2H3. The van der Waals surface area contributed by atoms with Crippen molar-refractivity contribution < 1.29 is 18.6 Å². The molecule has 1 aliphatic heterocycles. The summed E-state index contributed by atoms with van der Waals surface area (Å²) in [6.07, 6.45) is 7.56. The van der Waals surface area contributed by atoms with Gasteiger partial charge in [-0.2, -0.15) is 0 Å². The predicted octanol–water partition coefficient (Wildman–Crippen LogP) is 6.57. The molecule has 0 aromatic heterocycles. The van der Waals surface area contributed by atoms with Crippen molar-refractivity contribution in [1.29, 1.82) is 0 Å². The molecule has 0 saturated carbocycles. The molecule has 3 aromatic rings. The first-order valence-electron chi connectivity index (χ1n) is 13.6. The van der Waals surface area contributed by atoms with E-state index >= 15 is 0 Å².